The lowest BCUT2D eigenvalue weighted by Gasteiger charge is -2.04. The van der Waals surface area contributed by atoms with Gasteiger partial charge in [0.05, 0.1) is 0 Å². The Hall–Kier alpha value is -2.88. The Labute approximate surface area is 122 Å². The highest BCUT2D eigenvalue weighted by molar-refractivity contribution is 6.03. The summed E-state index contributed by atoms with van der Waals surface area (Å²) in [5.74, 6) is 0.872. The fourth-order valence-electron chi connectivity index (χ4n) is 2.06. The minimum atomic E-state index is -0.206. The monoisotopic (exact) mass is 278 g/mol. The van der Waals surface area contributed by atoms with Crippen LogP contribution in [-0.4, -0.2) is 11.1 Å². The molecule has 1 N–H and O–H groups in total. The van der Waals surface area contributed by atoms with Crippen molar-refractivity contribution in [3.8, 4) is 11.1 Å². The Morgan fingerprint density at radius 2 is 1.67 bits per heavy atom. The van der Waals surface area contributed by atoms with Crippen LogP contribution in [0.1, 0.15) is 16.1 Å². The van der Waals surface area contributed by atoms with Crippen molar-refractivity contribution in [3.05, 3.63) is 72.0 Å². The molecule has 0 radical (unpaired) electrons. The van der Waals surface area contributed by atoms with Gasteiger partial charge in [-0.15, -0.1) is 0 Å². The van der Waals surface area contributed by atoms with E-state index in [0.29, 0.717) is 17.1 Å². The van der Waals surface area contributed by atoms with Gasteiger partial charge in [-0.3, -0.25) is 4.79 Å². The lowest BCUT2D eigenvalue weighted by Crippen LogP contribution is -2.11. The average molecular weight is 278 g/mol. The number of aryl methyl sites for hydroxylation is 1. The molecule has 4 nitrogen and oxygen atoms in total. The lowest BCUT2D eigenvalue weighted by atomic mass is 10.0. The summed E-state index contributed by atoms with van der Waals surface area (Å²) in [6.07, 6.45) is 0. The fourth-order valence-corrected chi connectivity index (χ4v) is 2.06. The minimum Gasteiger partial charge on any atom is -0.360 e. The minimum absolute atomic E-state index is 0.206. The molecule has 0 spiro atoms. The summed E-state index contributed by atoms with van der Waals surface area (Å²) in [5, 5.41) is 6.43. The first kappa shape index (κ1) is 13.1. The third kappa shape index (κ3) is 3.00. The van der Waals surface area contributed by atoms with Crippen LogP contribution in [0.4, 0.5) is 5.82 Å². The first-order valence-electron chi connectivity index (χ1n) is 6.62. The molecule has 0 bridgehead atoms. The van der Waals surface area contributed by atoms with Crippen LogP contribution < -0.4 is 5.32 Å². The predicted molar refractivity (Wildman–Crippen MR) is 81.1 cm³/mol. The van der Waals surface area contributed by atoms with Crippen LogP contribution in [0.25, 0.3) is 11.1 Å². The number of aromatic nitrogens is 1. The number of hydrogen-bond acceptors (Lipinski definition) is 3. The Morgan fingerprint density at radius 3 is 2.29 bits per heavy atom. The number of rotatable bonds is 3. The Balaban J connectivity index is 1.76. The van der Waals surface area contributed by atoms with Gasteiger partial charge in [0.2, 0.25) is 0 Å². The Bertz CT molecular complexity index is 746. The zero-order valence-corrected chi connectivity index (χ0v) is 11.5. The van der Waals surface area contributed by atoms with E-state index in [4.69, 9.17) is 4.52 Å². The van der Waals surface area contributed by atoms with Gasteiger partial charge in [-0.05, 0) is 30.2 Å². The lowest BCUT2D eigenvalue weighted by molar-refractivity contribution is 0.102. The second-order valence-corrected chi connectivity index (χ2v) is 4.72. The molecule has 1 aromatic heterocycles. The molecule has 0 fully saturated rings. The summed E-state index contributed by atoms with van der Waals surface area (Å²) < 4.78 is 4.91. The molecule has 21 heavy (non-hydrogen) atoms. The predicted octanol–water partition coefficient (Wildman–Crippen LogP) is 3.90. The topological polar surface area (TPSA) is 55.1 Å². The van der Waals surface area contributed by atoms with E-state index in [-0.39, 0.29) is 5.91 Å². The maximum absolute atomic E-state index is 12.1. The van der Waals surface area contributed by atoms with Gasteiger partial charge in [0.15, 0.2) is 5.82 Å². The molecule has 0 aliphatic rings. The highest BCUT2D eigenvalue weighted by atomic mass is 16.5. The summed E-state index contributed by atoms with van der Waals surface area (Å²) >= 11 is 0. The molecule has 4 heteroatoms. The average Bonchev–Trinajstić information content (AvgIpc) is 2.93. The number of benzene rings is 2. The fraction of sp³-hybridized carbons (Fsp3) is 0.0588. The summed E-state index contributed by atoms with van der Waals surface area (Å²) in [5.41, 5.74) is 2.77. The first-order valence-corrected chi connectivity index (χ1v) is 6.62. The molecule has 0 atom stereocenters. The van der Waals surface area contributed by atoms with Gasteiger partial charge in [-0.1, -0.05) is 47.6 Å². The van der Waals surface area contributed by atoms with Gasteiger partial charge in [0, 0.05) is 11.6 Å². The molecule has 0 unspecified atom stereocenters. The summed E-state index contributed by atoms with van der Waals surface area (Å²) in [6.45, 7) is 1.78. The maximum atomic E-state index is 12.1. The van der Waals surface area contributed by atoms with Crippen molar-refractivity contribution in [1.29, 1.82) is 0 Å². The van der Waals surface area contributed by atoms with Crippen LogP contribution in [0.3, 0.4) is 0 Å². The molecule has 1 heterocycles. The summed E-state index contributed by atoms with van der Waals surface area (Å²) in [6, 6.07) is 19.2. The van der Waals surface area contributed by atoms with Crippen molar-refractivity contribution >= 4 is 11.7 Å². The SMILES string of the molecule is Cc1cc(NC(=O)c2ccc(-c3ccccc3)cc2)no1. The van der Waals surface area contributed by atoms with Gasteiger partial charge >= 0.3 is 0 Å². The molecule has 1 amide bonds. The molecule has 3 rings (SSSR count). The molecule has 3 aromatic rings. The van der Waals surface area contributed by atoms with Crippen LogP contribution >= 0.6 is 0 Å². The number of amides is 1. The van der Waals surface area contributed by atoms with Crippen molar-refractivity contribution < 1.29 is 9.32 Å². The second-order valence-electron chi connectivity index (χ2n) is 4.72. The number of nitrogens with zero attached hydrogens (tertiary/aromatic N) is 1. The zero-order valence-electron chi connectivity index (χ0n) is 11.5. The standard InChI is InChI=1S/C17H14N2O2/c1-12-11-16(19-21-12)18-17(20)15-9-7-14(8-10-15)13-5-3-2-4-6-13/h2-11H,1H3,(H,18,19,20). The molecular weight excluding hydrogens is 264 g/mol. The molecular formula is C17H14N2O2. The van der Waals surface area contributed by atoms with Crippen LogP contribution in [0.2, 0.25) is 0 Å². The van der Waals surface area contributed by atoms with E-state index in [2.05, 4.69) is 10.5 Å². The van der Waals surface area contributed by atoms with Crippen molar-refractivity contribution in [2.24, 2.45) is 0 Å². The second kappa shape index (κ2) is 5.63. The summed E-state index contributed by atoms with van der Waals surface area (Å²) in [4.78, 5) is 12.1. The van der Waals surface area contributed by atoms with Crippen molar-refractivity contribution in [1.82, 2.24) is 5.16 Å². The molecule has 0 aliphatic carbocycles. The summed E-state index contributed by atoms with van der Waals surface area (Å²) in [7, 11) is 0. The van der Waals surface area contributed by atoms with Crippen LogP contribution in [0.5, 0.6) is 0 Å². The Morgan fingerprint density at radius 1 is 1.00 bits per heavy atom. The van der Waals surface area contributed by atoms with Crippen LogP contribution in [0.15, 0.2) is 65.2 Å². The first-order chi connectivity index (χ1) is 10.2. The largest absolute Gasteiger partial charge is 0.360 e. The van der Waals surface area contributed by atoms with Gasteiger partial charge in [-0.2, -0.15) is 0 Å². The van der Waals surface area contributed by atoms with E-state index in [1.807, 2.05) is 42.5 Å². The highest BCUT2D eigenvalue weighted by Gasteiger charge is 2.09. The molecule has 2 aromatic carbocycles. The Kier molecular flexibility index (Phi) is 3.51. The van der Waals surface area contributed by atoms with E-state index in [9.17, 15) is 4.79 Å². The van der Waals surface area contributed by atoms with Gasteiger partial charge in [0.25, 0.3) is 5.91 Å². The number of anilines is 1. The van der Waals surface area contributed by atoms with E-state index < -0.39 is 0 Å². The van der Waals surface area contributed by atoms with Gasteiger partial charge in [-0.25, -0.2) is 0 Å². The number of carbonyl (C=O) groups excluding carboxylic acids is 1. The third-order valence-corrected chi connectivity index (χ3v) is 3.12. The smallest absolute Gasteiger partial charge is 0.256 e. The van der Waals surface area contributed by atoms with Crippen LogP contribution in [-0.2, 0) is 0 Å². The van der Waals surface area contributed by atoms with E-state index in [1.54, 1.807) is 25.1 Å². The van der Waals surface area contributed by atoms with Gasteiger partial charge in [0.1, 0.15) is 5.76 Å². The zero-order chi connectivity index (χ0) is 14.7. The van der Waals surface area contributed by atoms with E-state index in [0.717, 1.165) is 11.1 Å². The number of carbonyl (C=O) groups is 1. The number of nitrogens with one attached hydrogen (secondary N) is 1. The van der Waals surface area contributed by atoms with Crippen molar-refractivity contribution in [3.63, 3.8) is 0 Å². The highest BCUT2D eigenvalue weighted by Crippen LogP contribution is 2.19. The number of hydrogen-bond donors (Lipinski definition) is 1. The molecule has 0 saturated heterocycles. The molecule has 104 valence electrons. The quantitative estimate of drug-likeness (QED) is 0.790. The van der Waals surface area contributed by atoms with E-state index in [1.165, 1.54) is 0 Å². The molecule has 0 aliphatic heterocycles. The van der Waals surface area contributed by atoms with Gasteiger partial charge < -0.3 is 9.84 Å². The maximum Gasteiger partial charge on any atom is 0.256 e. The van der Waals surface area contributed by atoms with Crippen molar-refractivity contribution in [2.45, 2.75) is 6.92 Å². The normalized spacial score (nSPS) is 10.3. The van der Waals surface area contributed by atoms with Crippen LogP contribution in [0, 0.1) is 6.92 Å². The molecule has 0 saturated carbocycles. The third-order valence-electron chi connectivity index (χ3n) is 3.12. The van der Waals surface area contributed by atoms with Crippen molar-refractivity contribution in [2.75, 3.05) is 5.32 Å². The van der Waals surface area contributed by atoms with E-state index >= 15 is 0 Å².